The van der Waals surface area contributed by atoms with Gasteiger partial charge in [-0.25, -0.2) is 4.79 Å². The molecule has 17 heteroatoms. The highest BCUT2D eigenvalue weighted by Crippen LogP contribution is 2.59. The number of nitrogens with one attached hydrogen (secondary N) is 2. The molecule has 3 amide bonds. The molecule has 2 aromatic carbocycles. The number of aromatic hydroxyl groups is 1. The van der Waals surface area contributed by atoms with Crippen LogP contribution in [0.1, 0.15) is 23.1 Å². The largest absolute Gasteiger partial charge is 0.509 e. The lowest BCUT2D eigenvalue weighted by molar-refractivity contribution is -0.139. The number of Topliss-reactive ketones (excluding diaryl/α,β-unsaturated/α-hetero) is 2. The summed E-state index contributed by atoms with van der Waals surface area (Å²) in [6.45, 7) is -0.184. The minimum absolute atomic E-state index is 0.0593. The maximum Gasteiger partial charge on any atom is 0.319 e. The number of hydrogen-bond acceptors (Lipinski definition) is 14. The van der Waals surface area contributed by atoms with Gasteiger partial charge in [0, 0.05) is 43.6 Å². The number of ketones is 2. The molecular formula is C33H36N8O9. The Bertz CT molecular complexity index is 2020. The number of hydrogen-bond donors (Lipinski definition) is 8. The second kappa shape index (κ2) is 11.4. The zero-order chi connectivity index (χ0) is 36.7. The molecule has 4 aliphatic rings. The number of nitrogens with zero attached hydrogens (tertiary/aromatic N) is 3. The van der Waals surface area contributed by atoms with Crippen molar-refractivity contribution in [1.82, 2.24) is 10.2 Å². The Labute approximate surface area is 285 Å². The zero-order valence-electron chi connectivity index (χ0n) is 27.6. The van der Waals surface area contributed by atoms with Crippen molar-refractivity contribution >= 4 is 40.6 Å². The fourth-order valence-electron chi connectivity index (χ4n) is 7.79. The molecule has 3 aliphatic carbocycles. The fraction of sp³-hybridized carbons (Fsp3) is 0.364. The number of ether oxygens (including phenoxy) is 2. The Hall–Kier alpha value is -5.83. The van der Waals surface area contributed by atoms with Crippen LogP contribution in [0.25, 0.3) is 5.76 Å². The van der Waals surface area contributed by atoms with Gasteiger partial charge in [0.05, 0.1) is 34.3 Å². The number of anilines is 2. The number of benzene rings is 2. The number of nitriles is 1. The van der Waals surface area contributed by atoms with E-state index in [4.69, 9.17) is 26.7 Å². The number of phenolic OH excluding ortho intramolecular Hbond substituents is 1. The van der Waals surface area contributed by atoms with Crippen molar-refractivity contribution in [2.45, 2.75) is 36.5 Å². The minimum atomic E-state index is -2.78. The lowest BCUT2D eigenvalue weighted by Gasteiger charge is -2.58. The van der Waals surface area contributed by atoms with Gasteiger partial charge in [0.25, 0.3) is 5.91 Å². The van der Waals surface area contributed by atoms with Crippen LogP contribution in [0.2, 0.25) is 0 Å². The highest BCUT2D eigenvalue weighted by atomic mass is 16.7. The van der Waals surface area contributed by atoms with Gasteiger partial charge >= 0.3 is 6.03 Å². The molecule has 1 saturated carbocycles. The summed E-state index contributed by atoms with van der Waals surface area (Å²) in [5.41, 5.74) is 12.1. The monoisotopic (exact) mass is 688 g/mol. The average molecular weight is 689 g/mol. The summed E-state index contributed by atoms with van der Waals surface area (Å²) in [5.74, 6) is -5.17. The van der Waals surface area contributed by atoms with E-state index >= 15 is 0 Å². The highest BCUT2D eigenvalue weighted by Gasteiger charge is 2.74. The van der Waals surface area contributed by atoms with Crippen LogP contribution < -0.4 is 42.2 Å². The van der Waals surface area contributed by atoms with Crippen LogP contribution in [-0.2, 0) is 27.3 Å². The number of aliphatic hydroxyl groups is 2. The van der Waals surface area contributed by atoms with E-state index in [2.05, 4.69) is 10.6 Å². The van der Waals surface area contributed by atoms with Crippen LogP contribution in [-0.4, -0.2) is 95.8 Å². The summed E-state index contributed by atoms with van der Waals surface area (Å²) in [4.78, 5) is 56.5. The van der Waals surface area contributed by atoms with Crippen molar-refractivity contribution in [3.05, 3.63) is 57.9 Å². The third kappa shape index (κ3) is 4.56. The molecule has 4 atom stereocenters. The van der Waals surface area contributed by atoms with Gasteiger partial charge < -0.3 is 57.5 Å². The molecule has 11 N–H and O–H groups in total. The molecule has 0 aromatic heterocycles. The number of urea groups is 1. The minimum Gasteiger partial charge on any atom is -0.509 e. The highest BCUT2D eigenvalue weighted by molar-refractivity contribution is 6.25. The first-order valence-electron chi connectivity index (χ1n) is 15.3. The molecule has 0 unspecified atom stereocenters. The number of primary amides is 1. The van der Waals surface area contributed by atoms with Crippen LogP contribution in [0.15, 0.2) is 41.2 Å². The second-order valence-corrected chi connectivity index (χ2v) is 13.3. The molecule has 0 saturated heterocycles. The number of rotatable bonds is 6. The van der Waals surface area contributed by atoms with Gasteiger partial charge in [-0.05, 0) is 50.7 Å². The number of amides is 3. The van der Waals surface area contributed by atoms with E-state index in [1.54, 1.807) is 49.3 Å². The zero-order valence-corrected chi connectivity index (χ0v) is 27.6. The number of phenols is 1. The molecule has 0 radical (unpaired) electrons. The topological polar surface area (TPSA) is 280 Å². The van der Waals surface area contributed by atoms with E-state index in [-0.39, 0.29) is 30.9 Å². The van der Waals surface area contributed by atoms with E-state index in [0.29, 0.717) is 28.4 Å². The molecule has 0 spiro atoms. The van der Waals surface area contributed by atoms with E-state index in [0.717, 1.165) is 0 Å². The smallest absolute Gasteiger partial charge is 0.319 e. The van der Waals surface area contributed by atoms with Gasteiger partial charge in [0.15, 0.2) is 28.5 Å². The molecule has 17 nitrogen and oxygen atoms in total. The van der Waals surface area contributed by atoms with Crippen molar-refractivity contribution < 1.29 is 44.0 Å². The van der Waals surface area contributed by atoms with Gasteiger partial charge in [0.2, 0.25) is 6.79 Å². The molecule has 6 rings (SSSR count). The summed E-state index contributed by atoms with van der Waals surface area (Å²) in [6, 6.07) is 6.02. The lowest BCUT2D eigenvalue weighted by Crippen LogP contribution is -2.80. The van der Waals surface area contributed by atoms with Gasteiger partial charge in [-0.3, -0.25) is 19.3 Å². The SMILES string of the molecule is CN(C)c1cc(CNC(=O)Nc2ccc3c(c2)OCO3)c(O)c2c1C[C@@]1(N)C[C@@]3(N)[C@H](N(C)C)C(=O)C(C(N)=O)=C(O)[C@@]3(C#N)C(=O)C1=C2O. The lowest BCUT2D eigenvalue weighted by atomic mass is 9.47. The second-order valence-electron chi connectivity index (χ2n) is 13.3. The van der Waals surface area contributed by atoms with Gasteiger partial charge in [0.1, 0.15) is 22.8 Å². The van der Waals surface area contributed by atoms with E-state index in [9.17, 15) is 39.8 Å². The van der Waals surface area contributed by atoms with Crippen molar-refractivity contribution in [2.24, 2.45) is 22.6 Å². The molecule has 0 bridgehead atoms. The molecule has 1 fully saturated rings. The molecular weight excluding hydrogens is 652 g/mol. The maximum absolute atomic E-state index is 14.7. The number of aliphatic hydroxyl groups excluding tert-OH is 2. The standard InChI is InChI=1S/C33H36N8O9/c1-40(2)17-7-14(10-38-30(48)39-15-5-6-18-19(8-15)50-13-49-18)23(42)20-16(17)9-31(36)11-33(37)26(41(3)4)25(44)21(29(35)47)27(45)32(33,12-34)28(46)22(31)24(20)43/h5-8,26,42-43,45H,9-11,13,36-37H2,1-4H3,(H2,35,47)(H2,38,39,48)/t26-,31-,32+,33-/m1/s1. The number of carbonyl (C=O) groups excluding carboxylic acids is 4. The quantitative estimate of drug-likeness (QED) is 0.186. The number of likely N-dealkylation sites (N-methyl/N-ethyl adjacent to an activating group) is 1. The van der Waals surface area contributed by atoms with Crippen LogP contribution in [0.5, 0.6) is 17.2 Å². The van der Waals surface area contributed by atoms with Crippen molar-refractivity contribution in [3.63, 3.8) is 0 Å². The summed E-state index contributed by atoms with van der Waals surface area (Å²) >= 11 is 0. The van der Waals surface area contributed by atoms with Crippen LogP contribution in [0.4, 0.5) is 16.2 Å². The normalized spacial score (nSPS) is 26.6. The molecule has 50 heavy (non-hydrogen) atoms. The first-order chi connectivity index (χ1) is 23.4. The van der Waals surface area contributed by atoms with Gasteiger partial charge in [-0.2, -0.15) is 5.26 Å². The van der Waals surface area contributed by atoms with E-state index in [1.165, 1.54) is 19.0 Å². The van der Waals surface area contributed by atoms with Crippen molar-refractivity contribution in [1.29, 1.82) is 5.26 Å². The third-order valence-corrected chi connectivity index (χ3v) is 9.86. The molecule has 2 aromatic rings. The molecule has 1 aliphatic heterocycles. The van der Waals surface area contributed by atoms with Crippen molar-refractivity contribution in [3.8, 4) is 23.3 Å². The molecule has 262 valence electrons. The number of nitrogens with two attached hydrogens (primary N) is 3. The predicted octanol–water partition coefficient (Wildman–Crippen LogP) is 0.0219. The summed E-state index contributed by atoms with van der Waals surface area (Å²) < 4.78 is 10.6. The molecule has 1 heterocycles. The maximum atomic E-state index is 14.7. The first-order valence-corrected chi connectivity index (χ1v) is 15.3. The Morgan fingerprint density at radius 3 is 2.38 bits per heavy atom. The Morgan fingerprint density at radius 2 is 1.76 bits per heavy atom. The van der Waals surface area contributed by atoms with Gasteiger partial charge in [-0.15, -0.1) is 0 Å². The average Bonchev–Trinajstić information content (AvgIpc) is 3.47. The van der Waals surface area contributed by atoms with Crippen LogP contribution in [0, 0.1) is 16.7 Å². The summed E-state index contributed by atoms with van der Waals surface area (Å²) in [5, 5.41) is 50.8. The Balaban J connectivity index is 1.45. The van der Waals surface area contributed by atoms with Crippen LogP contribution >= 0.6 is 0 Å². The number of carbonyl (C=O) groups is 4. The van der Waals surface area contributed by atoms with E-state index in [1.807, 2.05) is 0 Å². The third-order valence-electron chi connectivity index (χ3n) is 9.86. The van der Waals surface area contributed by atoms with E-state index < -0.39 is 80.9 Å². The number of fused-ring (bicyclic) bond motifs is 4. The fourth-order valence-corrected chi connectivity index (χ4v) is 7.79. The summed E-state index contributed by atoms with van der Waals surface area (Å²) in [6.07, 6.45) is -0.714. The van der Waals surface area contributed by atoms with Crippen molar-refractivity contribution in [2.75, 3.05) is 45.2 Å². The predicted molar refractivity (Wildman–Crippen MR) is 177 cm³/mol. The first kappa shape index (κ1) is 34.0. The Kier molecular flexibility index (Phi) is 7.74. The van der Waals surface area contributed by atoms with Gasteiger partial charge in [-0.1, -0.05) is 0 Å². The summed E-state index contributed by atoms with van der Waals surface area (Å²) in [7, 11) is 6.28. The Morgan fingerprint density at radius 1 is 1.08 bits per heavy atom. The van der Waals surface area contributed by atoms with Crippen LogP contribution in [0.3, 0.4) is 0 Å².